The summed E-state index contributed by atoms with van der Waals surface area (Å²) in [6.07, 6.45) is 3.16. The largest absolute Gasteiger partial charge is 0.478 e. The number of rotatable bonds is 5. The summed E-state index contributed by atoms with van der Waals surface area (Å²) in [6, 6.07) is 5.69. The molecule has 0 unspecified atom stereocenters. The molecule has 0 fully saturated rings. The predicted molar refractivity (Wildman–Crippen MR) is 77.9 cm³/mol. The highest BCUT2D eigenvalue weighted by Gasteiger charge is 2.13. The second-order valence-corrected chi connectivity index (χ2v) is 5.02. The second kappa shape index (κ2) is 5.47. The SMILES string of the molecule is CCCCn1c(C)cc2cc(C(=O)O)cc(CC)c21. The molecule has 1 aromatic carbocycles. The molecular weight excluding hydrogens is 238 g/mol. The highest BCUT2D eigenvalue weighted by molar-refractivity contribution is 5.95. The van der Waals surface area contributed by atoms with Crippen molar-refractivity contribution in [2.45, 2.75) is 46.6 Å². The maximum atomic E-state index is 11.2. The molecule has 3 heteroatoms. The third kappa shape index (κ3) is 2.50. The number of hydrogen-bond donors (Lipinski definition) is 1. The van der Waals surface area contributed by atoms with Crippen LogP contribution in [-0.4, -0.2) is 15.6 Å². The Kier molecular flexibility index (Phi) is 3.93. The molecule has 0 saturated heterocycles. The Bertz CT molecular complexity index is 611. The van der Waals surface area contributed by atoms with Gasteiger partial charge < -0.3 is 9.67 Å². The lowest BCUT2D eigenvalue weighted by molar-refractivity contribution is 0.0697. The molecule has 2 aromatic rings. The fourth-order valence-corrected chi connectivity index (χ4v) is 2.63. The fraction of sp³-hybridized carbons (Fsp3) is 0.438. The molecule has 1 N–H and O–H groups in total. The van der Waals surface area contributed by atoms with Crippen LogP contribution in [0, 0.1) is 6.92 Å². The topological polar surface area (TPSA) is 42.2 Å². The number of benzene rings is 1. The normalized spacial score (nSPS) is 11.1. The number of unbranched alkanes of at least 4 members (excludes halogenated alkanes) is 1. The molecule has 19 heavy (non-hydrogen) atoms. The highest BCUT2D eigenvalue weighted by Crippen LogP contribution is 2.26. The van der Waals surface area contributed by atoms with Crippen molar-refractivity contribution in [1.82, 2.24) is 4.57 Å². The molecule has 0 aliphatic heterocycles. The molecule has 3 nitrogen and oxygen atoms in total. The average molecular weight is 259 g/mol. The maximum Gasteiger partial charge on any atom is 0.335 e. The van der Waals surface area contributed by atoms with Crippen molar-refractivity contribution in [2.24, 2.45) is 0 Å². The predicted octanol–water partition coefficient (Wildman–Crippen LogP) is 4.01. The van der Waals surface area contributed by atoms with Gasteiger partial charge in [0.05, 0.1) is 11.1 Å². The van der Waals surface area contributed by atoms with Crippen molar-refractivity contribution in [3.8, 4) is 0 Å². The zero-order valence-corrected chi connectivity index (χ0v) is 11.9. The molecule has 1 aromatic heterocycles. The first-order chi connectivity index (χ1) is 9.08. The van der Waals surface area contributed by atoms with E-state index in [-0.39, 0.29) is 0 Å². The first-order valence-electron chi connectivity index (χ1n) is 6.94. The van der Waals surface area contributed by atoms with Crippen LogP contribution in [0.2, 0.25) is 0 Å². The highest BCUT2D eigenvalue weighted by atomic mass is 16.4. The second-order valence-electron chi connectivity index (χ2n) is 5.02. The van der Waals surface area contributed by atoms with Crippen LogP contribution < -0.4 is 0 Å². The molecule has 0 spiro atoms. The smallest absolute Gasteiger partial charge is 0.335 e. The lowest BCUT2D eigenvalue weighted by atomic mass is 10.0. The Labute approximate surface area is 113 Å². The minimum atomic E-state index is -0.851. The number of hydrogen-bond acceptors (Lipinski definition) is 1. The summed E-state index contributed by atoms with van der Waals surface area (Å²) in [5.41, 5.74) is 3.93. The van der Waals surface area contributed by atoms with Crippen molar-refractivity contribution >= 4 is 16.9 Å². The molecular formula is C16H21NO2. The molecule has 1 heterocycles. The average Bonchev–Trinajstić information content (AvgIpc) is 2.70. The number of carboxylic acids is 1. The number of fused-ring (bicyclic) bond motifs is 1. The van der Waals surface area contributed by atoms with E-state index < -0.39 is 5.97 Å². The Balaban J connectivity index is 2.65. The quantitative estimate of drug-likeness (QED) is 0.881. The number of aryl methyl sites for hydroxylation is 3. The van der Waals surface area contributed by atoms with E-state index in [4.69, 9.17) is 0 Å². The van der Waals surface area contributed by atoms with Gasteiger partial charge in [0, 0.05) is 17.6 Å². The van der Waals surface area contributed by atoms with E-state index in [1.165, 1.54) is 11.2 Å². The van der Waals surface area contributed by atoms with Crippen LogP contribution in [0.15, 0.2) is 18.2 Å². The number of nitrogens with zero attached hydrogens (tertiary/aromatic N) is 1. The van der Waals surface area contributed by atoms with Crippen molar-refractivity contribution in [3.63, 3.8) is 0 Å². The standard InChI is InChI=1S/C16H21NO2/c1-4-6-7-17-11(3)8-13-10-14(16(18)19)9-12(5-2)15(13)17/h8-10H,4-7H2,1-3H3,(H,18,19). The van der Waals surface area contributed by atoms with Crippen LogP contribution in [0.1, 0.15) is 48.3 Å². The molecule has 0 radical (unpaired) electrons. The molecule has 0 aliphatic carbocycles. The van der Waals surface area contributed by atoms with Crippen molar-refractivity contribution < 1.29 is 9.90 Å². The Morgan fingerprint density at radius 3 is 2.58 bits per heavy atom. The Morgan fingerprint density at radius 2 is 2.00 bits per heavy atom. The third-order valence-corrected chi connectivity index (χ3v) is 3.64. The van der Waals surface area contributed by atoms with Crippen LogP contribution in [0.25, 0.3) is 10.9 Å². The van der Waals surface area contributed by atoms with E-state index in [1.54, 1.807) is 6.07 Å². The van der Waals surface area contributed by atoms with Crippen LogP contribution >= 0.6 is 0 Å². The fourth-order valence-electron chi connectivity index (χ4n) is 2.63. The third-order valence-electron chi connectivity index (χ3n) is 3.64. The summed E-state index contributed by atoms with van der Waals surface area (Å²) in [6.45, 7) is 7.36. The zero-order chi connectivity index (χ0) is 14.0. The lowest BCUT2D eigenvalue weighted by Crippen LogP contribution is -2.03. The van der Waals surface area contributed by atoms with Gasteiger partial charge in [-0.1, -0.05) is 20.3 Å². The van der Waals surface area contributed by atoms with Gasteiger partial charge in [-0.3, -0.25) is 0 Å². The molecule has 0 atom stereocenters. The number of carbonyl (C=O) groups is 1. The molecule has 0 aliphatic rings. The van der Waals surface area contributed by atoms with E-state index in [9.17, 15) is 9.90 Å². The first kappa shape index (κ1) is 13.7. The summed E-state index contributed by atoms with van der Waals surface area (Å²) in [4.78, 5) is 11.2. The van der Waals surface area contributed by atoms with E-state index in [0.717, 1.165) is 36.8 Å². The van der Waals surface area contributed by atoms with Crippen molar-refractivity contribution in [1.29, 1.82) is 0 Å². The van der Waals surface area contributed by atoms with Gasteiger partial charge in [-0.15, -0.1) is 0 Å². The van der Waals surface area contributed by atoms with Crippen molar-refractivity contribution in [2.75, 3.05) is 0 Å². The molecule has 0 saturated carbocycles. The van der Waals surface area contributed by atoms with Crippen molar-refractivity contribution in [3.05, 3.63) is 35.0 Å². The molecule has 0 bridgehead atoms. The maximum absolute atomic E-state index is 11.2. The van der Waals surface area contributed by atoms with E-state index in [1.807, 2.05) is 6.07 Å². The summed E-state index contributed by atoms with van der Waals surface area (Å²) in [5, 5.41) is 10.2. The number of aromatic nitrogens is 1. The Hall–Kier alpha value is -1.77. The molecule has 2 rings (SSSR count). The van der Waals surface area contributed by atoms with Gasteiger partial charge in [-0.05, 0) is 43.5 Å². The van der Waals surface area contributed by atoms with Gasteiger partial charge in [-0.25, -0.2) is 4.79 Å². The van der Waals surface area contributed by atoms with Crippen LogP contribution in [0.4, 0.5) is 0 Å². The van der Waals surface area contributed by atoms with Gasteiger partial charge in [0.25, 0.3) is 0 Å². The summed E-state index contributed by atoms with van der Waals surface area (Å²) in [5.74, 6) is -0.851. The van der Waals surface area contributed by atoms with E-state index in [2.05, 4.69) is 31.4 Å². The van der Waals surface area contributed by atoms with Gasteiger partial charge in [0.2, 0.25) is 0 Å². The van der Waals surface area contributed by atoms with Gasteiger partial charge in [0.15, 0.2) is 0 Å². The minimum absolute atomic E-state index is 0.386. The summed E-state index contributed by atoms with van der Waals surface area (Å²) >= 11 is 0. The van der Waals surface area contributed by atoms with Gasteiger partial charge in [-0.2, -0.15) is 0 Å². The zero-order valence-electron chi connectivity index (χ0n) is 11.9. The molecule has 102 valence electrons. The Morgan fingerprint density at radius 1 is 1.26 bits per heavy atom. The van der Waals surface area contributed by atoms with Crippen LogP contribution in [0.3, 0.4) is 0 Å². The van der Waals surface area contributed by atoms with E-state index in [0.29, 0.717) is 5.56 Å². The van der Waals surface area contributed by atoms with E-state index >= 15 is 0 Å². The minimum Gasteiger partial charge on any atom is -0.478 e. The van der Waals surface area contributed by atoms with Crippen LogP contribution in [0.5, 0.6) is 0 Å². The van der Waals surface area contributed by atoms with Gasteiger partial charge in [0.1, 0.15) is 0 Å². The summed E-state index contributed by atoms with van der Waals surface area (Å²) < 4.78 is 2.32. The first-order valence-corrected chi connectivity index (χ1v) is 6.94. The number of aromatic carboxylic acids is 1. The number of carboxylic acid groups (broad SMARTS) is 1. The lowest BCUT2D eigenvalue weighted by Gasteiger charge is -2.11. The van der Waals surface area contributed by atoms with Gasteiger partial charge >= 0.3 is 5.97 Å². The summed E-state index contributed by atoms with van der Waals surface area (Å²) in [7, 11) is 0. The molecule has 0 amide bonds. The van der Waals surface area contributed by atoms with Crippen LogP contribution in [-0.2, 0) is 13.0 Å². The monoisotopic (exact) mass is 259 g/mol.